The molecule has 2 amide bonds. The van der Waals surface area contributed by atoms with Crippen LogP contribution < -0.4 is 14.8 Å². The van der Waals surface area contributed by atoms with E-state index in [1.807, 2.05) is 24.3 Å². The minimum atomic E-state index is -0.137. The van der Waals surface area contributed by atoms with Crippen molar-refractivity contribution in [2.45, 2.75) is 18.9 Å². The zero-order valence-electron chi connectivity index (χ0n) is 13.5. The molecule has 24 heavy (non-hydrogen) atoms. The van der Waals surface area contributed by atoms with Crippen LogP contribution in [0.25, 0.3) is 0 Å². The molecule has 1 atom stereocenters. The number of rotatable bonds is 4. The van der Waals surface area contributed by atoms with E-state index in [-0.39, 0.29) is 12.1 Å². The molecule has 1 aromatic heterocycles. The van der Waals surface area contributed by atoms with Gasteiger partial charge >= 0.3 is 12.0 Å². The average Bonchev–Trinajstić information content (AvgIpc) is 2.63. The van der Waals surface area contributed by atoms with Crippen LogP contribution in [0.1, 0.15) is 12.8 Å². The zero-order valence-corrected chi connectivity index (χ0v) is 13.5. The lowest BCUT2D eigenvalue weighted by atomic mass is 10.1. The van der Waals surface area contributed by atoms with E-state index in [1.165, 1.54) is 0 Å². The van der Waals surface area contributed by atoms with Crippen molar-refractivity contribution in [3.8, 4) is 11.8 Å². The molecule has 2 heterocycles. The van der Waals surface area contributed by atoms with Crippen LogP contribution in [0.4, 0.5) is 10.5 Å². The number of nitrogens with one attached hydrogen (secondary N) is 1. The summed E-state index contributed by atoms with van der Waals surface area (Å²) in [5.74, 6) is 0.752. The maximum atomic E-state index is 12.4. The highest BCUT2D eigenvalue weighted by Crippen LogP contribution is 2.18. The Morgan fingerprint density at radius 1 is 1.25 bits per heavy atom. The van der Waals surface area contributed by atoms with Gasteiger partial charge < -0.3 is 19.7 Å². The van der Waals surface area contributed by atoms with Gasteiger partial charge in [-0.25, -0.2) is 14.8 Å². The Labute approximate surface area is 140 Å². The van der Waals surface area contributed by atoms with Crippen LogP contribution in [0.15, 0.2) is 42.7 Å². The summed E-state index contributed by atoms with van der Waals surface area (Å²) in [5.41, 5.74) is 0.732. The molecule has 1 aliphatic heterocycles. The van der Waals surface area contributed by atoms with Crippen molar-refractivity contribution in [3.63, 3.8) is 0 Å². The van der Waals surface area contributed by atoms with Crippen LogP contribution in [0.3, 0.4) is 0 Å². The topological polar surface area (TPSA) is 76.6 Å². The third-order valence-electron chi connectivity index (χ3n) is 3.82. The Kier molecular flexibility index (Phi) is 5.10. The van der Waals surface area contributed by atoms with Crippen molar-refractivity contribution in [3.05, 3.63) is 42.7 Å². The van der Waals surface area contributed by atoms with E-state index in [1.54, 1.807) is 30.5 Å². The van der Waals surface area contributed by atoms with Gasteiger partial charge in [-0.15, -0.1) is 0 Å². The molecule has 3 rings (SSSR count). The Morgan fingerprint density at radius 2 is 2.00 bits per heavy atom. The third kappa shape index (κ3) is 4.13. The molecule has 0 aliphatic carbocycles. The largest absolute Gasteiger partial charge is 0.497 e. The molecule has 1 unspecified atom stereocenters. The van der Waals surface area contributed by atoms with Crippen molar-refractivity contribution in [2.75, 3.05) is 25.5 Å². The number of carbonyl (C=O) groups is 1. The number of nitrogens with zero attached hydrogens (tertiary/aromatic N) is 3. The van der Waals surface area contributed by atoms with Crippen LogP contribution in [0.2, 0.25) is 0 Å². The average molecular weight is 328 g/mol. The lowest BCUT2D eigenvalue weighted by molar-refractivity contribution is 0.0983. The number of aromatic nitrogens is 2. The number of likely N-dealkylation sites (tertiary alicyclic amines) is 1. The minimum absolute atomic E-state index is 0.0947. The van der Waals surface area contributed by atoms with Gasteiger partial charge in [0.15, 0.2) is 0 Å². The molecular formula is C17H20N4O3. The second-order valence-corrected chi connectivity index (χ2v) is 5.52. The van der Waals surface area contributed by atoms with Crippen LogP contribution >= 0.6 is 0 Å². The molecule has 0 spiro atoms. The number of ether oxygens (including phenoxy) is 2. The highest BCUT2D eigenvalue weighted by molar-refractivity contribution is 5.89. The lowest BCUT2D eigenvalue weighted by Crippen LogP contribution is -2.46. The predicted octanol–water partition coefficient (Wildman–Crippen LogP) is 2.56. The summed E-state index contributed by atoms with van der Waals surface area (Å²) < 4.78 is 10.9. The lowest BCUT2D eigenvalue weighted by Gasteiger charge is -2.32. The van der Waals surface area contributed by atoms with Gasteiger partial charge in [0, 0.05) is 24.6 Å². The summed E-state index contributed by atoms with van der Waals surface area (Å²) in [4.78, 5) is 22.3. The molecule has 126 valence electrons. The SMILES string of the molecule is COc1ccc(NC(=O)N2CCCC(Oc3ncccn3)C2)cc1. The number of methoxy groups -OCH3 is 1. The highest BCUT2D eigenvalue weighted by atomic mass is 16.5. The van der Waals surface area contributed by atoms with Crippen LogP contribution in [0, 0.1) is 0 Å². The van der Waals surface area contributed by atoms with Gasteiger partial charge in [-0.05, 0) is 43.2 Å². The van der Waals surface area contributed by atoms with E-state index in [0.29, 0.717) is 19.1 Å². The zero-order chi connectivity index (χ0) is 16.8. The van der Waals surface area contributed by atoms with Gasteiger partial charge in [0.25, 0.3) is 0 Å². The fourth-order valence-corrected chi connectivity index (χ4v) is 2.59. The van der Waals surface area contributed by atoms with Crippen molar-refractivity contribution in [2.24, 2.45) is 0 Å². The molecule has 1 saturated heterocycles. The molecule has 1 aromatic carbocycles. The molecular weight excluding hydrogens is 308 g/mol. The predicted molar refractivity (Wildman–Crippen MR) is 89.3 cm³/mol. The molecule has 7 nitrogen and oxygen atoms in total. The van der Waals surface area contributed by atoms with Gasteiger partial charge in [-0.2, -0.15) is 0 Å². The molecule has 0 saturated carbocycles. The van der Waals surface area contributed by atoms with Gasteiger partial charge in [-0.1, -0.05) is 0 Å². The Morgan fingerprint density at radius 3 is 2.71 bits per heavy atom. The molecule has 1 fully saturated rings. The van der Waals surface area contributed by atoms with Gasteiger partial charge in [0.1, 0.15) is 11.9 Å². The number of amides is 2. The van der Waals surface area contributed by atoms with Crippen molar-refractivity contribution in [1.82, 2.24) is 14.9 Å². The second kappa shape index (κ2) is 7.63. The summed E-state index contributed by atoms with van der Waals surface area (Å²) >= 11 is 0. The molecule has 0 radical (unpaired) electrons. The summed E-state index contributed by atoms with van der Waals surface area (Å²) in [6.07, 6.45) is 4.94. The highest BCUT2D eigenvalue weighted by Gasteiger charge is 2.25. The van der Waals surface area contributed by atoms with E-state index in [0.717, 1.165) is 24.3 Å². The van der Waals surface area contributed by atoms with Crippen LogP contribution in [-0.2, 0) is 0 Å². The first kappa shape index (κ1) is 16.0. The number of carbonyl (C=O) groups excluding carboxylic acids is 1. The van der Waals surface area contributed by atoms with Gasteiger partial charge in [-0.3, -0.25) is 0 Å². The second-order valence-electron chi connectivity index (χ2n) is 5.52. The number of hydrogen-bond donors (Lipinski definition) is 1. The minimum Gasteiger partial charge on any atom is -0.497 e. The molecule has 1 aliphatic rings. The summed E-state index contributed by atoms with van der Waals surface area (Å²) in [5, 5.41) is 2.89. The first-order chi connectivity index (χ1) is 11.7. The molecule has 1 N–H and O–H groups in total. The summed E-state index contributed by atoms with van der Waals surface area (Å²) in [7, 11) is 1.61. The van der Waals surface area contributed by atoms with E-state index < -0.39 is 0 Å². The maximum absolute atomic E-state index is 12.4. The smallest absolute Gasteiger partial charge is 0.321 e. The first-order valence-electron chi connectivity index (χ1n) is 7.88. The number of hydrogen-bond acceptors (Lipinski definition) is 5. The van der Waals surface area contributed by atoms with Crippen LogP contribution in [-0.4, -0.2) is 47.2 Å². The van der Waals surface area contributed by atoms with E-state index in [9.17, 15) is 4.79 Å². The standard InChI is InChI=1S/C17H20N4O3/c1-23-14-7-5-13(6-8-14)20-17(22)21-11-2-4-15(12-21)24-16-18-9-3-10-19-16/h3,5-10,15H,2,4,11-12H2,1H3,(H,20,22). The molecule has 0 bridgehead atoms. The normalized spacial score (nSPS) is 17.2. The van der Waals surface area contributed by atoms with E-state index >= 15 is 0 Å². The first-order valence-corrected chi connectivity index (χ1v) is 7.88. The fourth-order valence-electron chi connectivity index (χ4n) is 2.59. The van der Waals surface area contributed by atoms with Gasteiger partial charge in [0.05, 0.1) is 13.7 Å². The monoisotopic (exact) mass is 328 g/mol. The van der Waals surface area contributed by atoms with E-state index in [4.69, 9.17) is 9.47 Å². The van der Waals surface area contributed by atoms with Gasteiger partial charge in [0.2, 0.25) is 0 Å². The quantitative estimate of drug-likeness (QED) is 0.933. The maximum Gasteiger partial charge on any atom is 0.321 e. The van der Waals surface area contributed by atoms with Crippen LogP contribution in [0.5, 0.6) is 11.8 Å². The molecule has 2 aromatic rings. The fraction of sp³-hybridized carbons (Fsp3) is 0.353. The Hall–Kier alpha value is -2.83. The van der Waals surface area contributed by atoms with Crippen molar-refractivity contribution in [1.29, 1.82) is 0 Å². The van der Waals surface area contributed by atoms with Crippen molar-refractivity contribution < 1.29 is 14.3 Å². The Bertz CT molecular complexity index is 663. The number of piperidine rings is 1. The summed E-state index contributed by atoms with van der Waals surface area (Å²) in [6, 6.07) is 9.19. The number of benzene rings is 1. The number of urea groups is 1. The Balaban J connectivity index is 1.56. The summed E-state index contributed by atoms with van der Waals surface area (Å²) in [6.45, 7) is 1.22. The number of anilines is 1. The van der Waals surface area contributed by atoms with E-state index in [2.05, 4.69) is 15.3 Å². The third-order valence-corrected chi connectivity index (χ3v) is 3.82. The molecule has 7 heteroatoms. The van der Waals surface area contributed by atoms with Crippen molar-refractivity contribution >= 4 is 11.7 Å².